The Kier molecular flexibility index (Phi) is 4.38. The Labute approximate surface area is 154 Å². The summed E-state index contributed by atoms with van der Waals surface area (Å²) in [6.07, 6.45) is 4.23. The van der Waals surface area contributed by atoms with Gasteiger partial charge in [0.1, 0.15) is 17.1 Å². The molecule has 2 heterocycles. The zero-order valence-corrected chi connectivity index (χ0v) is 14.8. The van der Waals surface area contributed by atoms with Crippen molar-refractivity contribution in [2.45, 2.75) is 31.7 Å². The summed E-state index contributed by atoms with van der Waals surface area (Å²) in [5.41, 5.74) is 4.20. The van der Waals surface area contributed by atoms with Gasteiger partial charge in [-0.05, 0) is 44.2 Å². The monoisotopic (exact) mass is 377 g/mol. The van der Waals surface area contributed by atoms with Gasteiger partial charge >= 0.3 is 5.97 Å². The predicted octanol–water partition coefficient (Wildman–Crippen LogP) is 2.49. The summed E-state index contributed by atoms with van der Waals surface area (Å²) in [5.74, 6) is -2.69. The van der Waals surface area contributed by atoms with E-state index < -0.39 is 28.6 Å². The van der Waals surface area contributed by atoms with E-state index in [0.717, 1.165) is 31.7 Å². The van der Waals surface area contributed by atoms with Gasteiger partial charge in [-0.2, -0.15) is 0 Å². The van der Waals surface area contributed by atoms with Gasteiger partial charge in [-0.3, -0.25) is 4.79 Å². The van der Waals surface area contributed by atoms with Crippen molar-refractivity contribution in [3.05, 3.63) is 39.7 Å². The molecule has 27 heavy (non-hydrogen) atoms. The molecule has 0 atom stereocenters. The molecule has 2 aliphatic rings. The number of aromatic carboxylic acids is 1. The number of nitrogens with two attached hydrogens (primary N) is 1. The summed E-state index contributed by atoms with van der Waals surface area (Å²) in [6.45, 7) is 1.53. The molecule has 0 radical (unpaired) electrons. The van der Waals surface area contributed by atoms with E-state index in [1.807, 2.05) is 0 Å². The number of aromatic nitrogens is 1. The van der Waals surface area contributed by atoms with Crippen molar-refractivity contribution in [2.24, 2.45) is 11.7 Å². The number of benzene rings is 1. The normalized spacial score (nSPS) is 18.3. The maximum Gasteiger partial charge on any atom is 0.341 e. The van der Waals surface area contributed by atoms with Gasteiger partial charge in [0.25, 0.3) is 0 Å². The summed E-state index contributed by atoms with van der Waals surface area (Å²) in [7, 11) is 0. The second kappa shape index (κ2) is 6.60. The minimum absolute atomic E-state index is 0.00940. The first-order chi connectivity index (χ1) is 12.9. The lowest BCUT2D eigenvalue weighted by Crippen LogP contribution is -2.37. The van der Waals surface area contributed by atoms with E-state index in [9.17, 15) is 19.1 Å². The molecule has 6 nitrogen and oxygen atoms in total. The fourth-order valence-corrected chi connectivity index (χ4v) is 3.91. The molecule has 2 fully saturated rings. The first-order valence-corrected chi connectivity index (χ1v) is 9.17. The summed E-state index contributed by atoms with van der Waals surface area (Å²) < 4.78 is 31.7. The Morgan fingerprint density at radius 1 is 1.22 bits per heavy atom. The smallest absolute Gasteiger partial charge is 0.341 e. The van der Waals surface area contributed by atoms with Crippen LogP contribution >= 0.6 is 0 Å². The van der Waals surface area contributed by atoms with Gasteiger partial charge in [-0.15, -0.1) is 0 Å². The summed E-state index contributed by atoms with van der Waals surface area (Å²) in [4.78, 5) is 25.5. The minimum Gasteiger partial charge on any atom is -0.477 e. The first kappa shape index (κ1) is 17.9. The van der Waals surface area contributed by atoms with Gasteiger partial charge < -0.3 is 20.3 Å². The number of nitrogens with zero attached hydrogens (tertiary/aromatic N) is 2. The van der Waals surface area contributed by atoms with E-state index in [1.165, 1.54) is 10.8 Å². The van der Waals surface area contributed by atoms with Crippen molar-refractivity contribution in [3.63, 3.8) is 0 Å². The zero-order valence-electron chi connectivity index (χ0n) is 14.8. The average Bonchev–Trinajstić information content (AvgIpc) is 3.48. The second-order valence-electron chi connectivity index (χ2n) is 7.40. The van der Waals surface area contributed by atoms with E-state index in [-0.39, 0.29) is 22.6 Å². The third-order valence-corrected chi connectivity index (χ3v) is 5.62. The molecule has 1 aromatic carbocycles. The lowest BCUT2D eigenvalue weighted by Gasteiger charge is -2.33. The molecule has 8 heteroatoms. The summed E-state index contributed by atoms with van der Waals surface area (Å²) in [5, 5.41) is 9.05. The van der Waals surface area contributed by atoms with Crippen molar-refractivity contribution >= 4 is 22.6 Å². The molecule has 144 valence electrons. The van der Waals surface area contributed by atoms with Crippen molar-refractivity contribution in [1.82, 2.24) is 4.57 Å². The number of hydrogen-bond donors (Lipinski definition) is 2. The van der Waals surface area contributed by atoms with Crippen molar-refractivity contribution in [3.8, 4) is 0 Å². The summed E-state index contributed by atoms with van der Waals surface area (Å²) >= 11 is 0. The van der Waals surface area contributed by atoms with E-state index in [4.69, 9.17) is 5.73 Å². The highest BCUT2D eigenvalue weighted by molar-refractivity contribution is 5.94. The molecule has 3 N–H and O–H groups in total. The van der Waals surface area contributed by atoms with Crippen LogP contribution in [0.4, 0.5) is 14.5 Å². The Balaban J connectivity index is 1.91. The maximum atomic E-state index is 15.4. The summed E-state index contributed by atoms with van der Waals surface area (Å²) in [6, 6.07) is 0.915. The number of anilines is 1. The molecule has 1 saturated heterocycles. The standard InChI is InChI=1S/C19H21F2N3O3/c20-14-7-12-16(15(21)17(14)23-5-3-10(8-22)4-6-23)24(11-1-2-11)9-13(18(12)25)19(26)27/h7,9-11H,1-6,8,22H2,(H,26,27). The number of halogens is 2. The Hall–Kier alpha value is -2.48. The van der Waals surface area contributed by atoms with Crippen molar-refractivity contribution in [2.75, 3.05) is 24.5 Å². The number of piperidine rings is 1. The van der Waals surface area contributed by atoms with E-state index in [1.54, 1.807) is 4.90 Å². The number of fused-ring (bicyclic) bond motifs is 1. The Morgan fingerprint density at radius 2 is 1.89 bits per heavy atom. The highest BCUT2D eigenvalue weighted by Gasteiger charge is 2.31. The van der Waals surface area contributed by atoms with Gasteiger partial charge in [-0.1, -0.05) is 0 Å². The van der Waals surface area contributed by atoms with Crippen LogP contribution in [-0.4, -0.2) is 35.3 Å². The molecule has 0 unspecified atom stereocenters. The van der Waals surface area contributed by atoms with Gasteiger partial charge in [0.05, 0.1) is 10.9 Å². The lowest BCUT2D eigenvalue weighted by atomic mass is 9.96. The second-order valence-corrected chi connectivity index (χ2v) is 7.40. The van der Waals surface area contributed by atoms with Crippen LogP contribution < -0.4 is 16.1 Å². The molecule has 0 amide bonds. The van der Waals surface area contributed by atoms with Crippen LogP contribution in [0.25, 0.3) is 10.9 Å². The van der Waals surface area contributed by atoms with Crippen molar-refractivity contribution in [1.29, 1.82) is 0 Å². The quantitative estimate of drug-likeness (QED) is 0.855. The largest absolute Gasteiger partial charge is 0.477 e. The third kappa shape index (κ3) is 2.97. The van der Waals surface area contributed by atoms with Crippen LogP contribution in [0.2, 0.25) is 0 Å². The van der Waals surface area contributed by atoms with Crippen LogP contribution in [-0.2, 0) is 0 Å². The molecule has 1 aliphatic carbocycles. The van der Waals surface area contributed by atoms with Gasteiger partial charge in [-0.25, -0.2) is 13.6 Å². The number of carboxylic acids is 1. The Bertz CT molecular complexity index is 977. The molecule has 0 bridgehead atoms. The number of rotatable bonds is 4. The van der Waals surface area contributed by atoms with Crippen LogP contribution in [0.15, 0.2) is 17.1 Å². The fraction of sp³-hybridized carbons (Fsp3) is 0.474. The molecule has 4 rings (SSSR count). The number of carboxylic acid groups (broad SMARTS) is 1. The molecule has 1 aliphatic heterocycles. The highest BCUT2D eigenvalue weighted by Crippen LogP contribution is 2.40. The van der Waals surface area contributed by atoms with Crippen LogP contribution in [0.1, 0.15) is 42.1 Å². The topological polar surface area (TPSA) is 88.6 Å². The Morgan fingerprint density at radius 3 is 2.44 bits per heavy atom. The zero-order chi connectivity index (χ0) is 19.3. The van der Waals surface area contributed by atoms with Crippen molar-refractivity contribution < 1.29 is 18.7 Å². The minimum atomic E-state index is -1.40. The van der Waals surface area contributed by atoms with Crippen LogP contribution in [0.3, 0.4) is 0 Å². The third-order valence-electron chi connectivity index (χ3n) is 5.62. The lowest BCUT2D eigenvalue weighted by molar-refractivity contribution is 0.0695. The van der Waals surface area contributed by atoms with Gasteiger partial charge in [0, 0.05) is 25.3 Å². The average molecular weight is 377 g/mol. The van der Waals surface area contributed by atoms with Gasteiger partial charge in [0.15, 0.2) is 5.82 Å². The van der Waals surface area contributed by atoms with Crippen LogP contribution in [0, 0.1) is 17.6 Å². The van der Waals surface area contributed by atoms with E-state index >= 15 is 4.39 Å². The molecular formula is C19H21F2N3O3. The molecule has 0 spiro atoms. The van der Waals surface area contributed by atoms with Gasteiger partial charge in [0.2, 0.25) is 5.43 Å². The fourth-order valence-electron chi connectivity index (χ4n) is 3.91. The predicted molar refractivity (Wildman–Crippen MR) is 97.3 cm³/mol. The number of carbonyl (C=O) groups is 1. The van der Waals surface area contributed by atoms with Crippen LogP contribution in [0.5, 0.6) is 0 Å². The molecule has 1 aromatic heterocycles. The highest BCUT2D eigenvalue weighted by atomic mass is 19.1. The molecule has 2 aromatic rings. The maximum absolute atomic E-state index is 15.4. The van der Waals surface area contributed by atoms with E-state index in [2.05, 4.69) is 0 Å². The first-order valence-electron chi connectivity index (χ1n) is 9.17. The molecular weight excluding hydrogens is 356 g/mol. The number of pyridine rings is 1. The molecule has 1 saturated carbocycles. The SMILES string of the molecule is NCC1CCN(c2c(F)cc3c(=O)c(C(=O)O)cn(C4CC4)c3c2F)CC1. The van der Waals surface area contributed by atoms with E-state index in [0.29, 0.717) is 25.6 Å². The number of hydrogen-bond acceptors (Lipinski definition) is 4.